The molecule has 18 heavy (non-hydrogen) atoms. The quantitative estimate of drug-likeness (QED) is 0.538. The van der Waals surface area contributed by atoms with Crippen molar-refractivity contribution < 1.29 is 16.8 Å². The highest BCUT2D eigenvalue weighted by molar-refractivity contribution is 7.81. The summed E-state index contributed by atoms with van der Waals surface area (Å²) in [5.74, 6) is 0. The number of benzene rings is 1. The van der Waals surface area contributed by atoms with Crippen molar-refractivity contribution in [3.8, 4) is 0 Å². The zero-order valence-corrected chi connectivity index (χ0v) is 11.2. The summed E-state index contributed by atoms with van der Waals surface area (Å²) in [5.41, 5.74) is 0.860. The van der Waals surface area contributed by atoms with E-state index in [1.54, 1.807) is 6.08 Å². The van der Waals surface area contributed by atoms with Crippen LogP contribution in [-0.2, 0) is 18.8 Å². The summed E-state index contributed by atoms with van der Waals surface area (Å²) in [6, 6.07) is 9.28. The van der Waals surface area contributed by atoms with E-state index in [0.717, 1.165) is 24.7 Å². The van der Waals surface area contributed by atoms with E-state index >= 15 is 0 Å². The van der Waals surface area contributed by atoms with Gasteiger partial charge in [-0.1, -0.05) is 50.1 Å². The molecule has 1 aromatic rings. The van der Waals surface area contributed by atoms with Crippen LogP contribution < -0.4 is 0 Å². The molecular weight excluding hydrogens is 252 g/mol. The Hall–Kier alpha value is -1.33. The van der Waals surface area contributed by atoms with Gasteiger partial charge >= 0.3 is 10.4 Å². The molecule has 0 spiro atoms. The molecule has 0 aliphatic carbocycles. The Morgan fingerprint density at radius 3 is 2.56 bits per heavy atom. The highest BCUT2D eigenvalue weighted by Gasteiger charge is 2.09. The van der Waals surface area contributed by atoms with Crippen LogP contribution in [0.1, 0.15) is 31.7 Å². The average molecular weight is 270 g/mol. The lowest BCUT2D eigenvalue weighted by Gasteiger charge is -2.02. The molecule has 0 saturated carbocycles. The summed E-state index contributed by atoms with van der Waals surface area (Å²) < 4.78 is 31.8. The molecule has 1 aromatic carbocycles. The Bertz CT molecular complexity index is 451. The van der Waals surface area contributed by atoms with Crippen LogP contribution in [-0.4, -0.2) is 15.0 Å². The maximum Gasteiger partial charge on any atom is 0.448 e. The molecule has 0 atom stereocenters. The van der Waals surface area contributed by atoms with Gasteiger partial charge in [-0.05, 0) is 18.1 Å². The molecule has 100 valence electrons. The number of rotatable bonds is 8. The summed E-state index contributed by atoms with van der Waals surface area (Å²) in [6.07, 6.45) is 5.34. The van der Waals surface area contributed by atoms with Crippen LogP contribution in [0.3, 0.4) is 0 Å². The van der Waals surface area contributed by atoms with Crippen molar-refractivity contribution in [1.29, 1.82) is 0 Å². The molecule has 0 aromatic heterocycles. The molecule has 0 radical (unpaired) electrons. The van der Waals surface area contributed by atoms with Gasteiger partial charge in [-0.15, -0.1) is 0 Å². The normalized spacial score (nSPS) is 11.8. The SMILES string of the molecule is CCCCCOS(=O)(=O)O/C=C/c1ccccc1. The lowest BCUT2D eigenvalue weighted by molar-refractivity contribution is 0.254. The number of unbranched alkanes of at least 4 members (excludes halogenated alkanes) is 2. The summed E-state index contributed by atoms with van der Waals surface area (Å²) in [6.45, 7) is 2.20. The van der Waals surface area contributed by atoms with E-state index in [1.165, 1.54) is 0 Å². The van der Waals surface area contributed by atoms with Gasteiger partial charge in [-0.2, -0.15) is 8.42 Å². The Balaban J connectivity index is 2.35. The molecule has 0 aliphatic heterocycles. The predicted molar refractivity (Wildman–Crippen MR) is 71.0 cm³/mol. The fraction of sp³-hybridized carbons (Fsp3) is 0.385. The van der Waals surface area contributed by atoms with Gasteiger partial charge in [-0.3, -0.25) is 0 Å². The predicted octanol–water partition coefficient (Wildman–Crippen LogP) is 3.13. The second-order valence-corrected chi connectivity index (χ2v) is 4.99. The van der Waals surface area contributed by atoms with Crippen LogP contribution in [0.15, 0.2) is 36.6 Å². The molecule has 0 bridgehead atoms. The summed E-state index contributed by atoms with van der Waals surface area (Å²) in [5, 5.41) is 0. The second-order valence-electron chi connectivity index (χ2n) is 3.75. The van der Waals surface area contributed by atoms with Crippen LogP contribution in [0.25, 0.3) is 6.08 Å². The largest absolute Gasteiger partial charge is 0.448 e. The van der Waals surface area contributed by atoms with E-state index in [4.69, 9.17) is 0 Å². The maximum atomic E-state index is 11.3. The highest BCUT2D eigenvalue weighted by atomic mass is 32.3. The zero-order chi connectivity index (χ0) is 13.3. The molecule has 0 fully saturated rings. The fourth-order valence-corrected chi connectivity index (χ4v) is 1.85. The van der Waals surface area contributed by atoms with Crippen molar-refractivity contribution in [1.82, 2.24) is 0 Å². The standard InChI is InChI=1S/C13H18O4S/c1-2-3-7-11-16-18(14,15)17-12-10-13-8-5-4-6-9-13/h4-6,8-10,12H,2-3,7,11H2,1H3/b12-10+. The third-order valence-corrected chi connectivity index (χ3v) is 3.01. The molecule has 1 rings (SSSR count). The fourth-order valence-electron chi connectivity index (χ4n) is 1.28. The maximum absolute atomic E-state index is 11.3. The van der Waals surface area contributed by atoms with Gasteiger partial charge < -0.3 is 4.18 Å². The summed E-state index contributed by atoms with van der Waals surface area (Å²) in [7, 11) is -3.92. The van der Waals surface area contributed by atoms with E-state index in [2.05, 4.69) is 8.37 Å². The number of hydrogen-bond donors (Lipinski definition) is 0. The molecular formula is C13H18O4S. The van der Waals surface area contributed by atoms with Crippen molar-refractivity contribution in [2.45, 2.75) is 26.2 Å². The topological polar surface area (TPSA) is 52.6 Å². The lowest BCUT2D eigenvalue weighted by atomic mass is 10.2. The van der Waals surface area contributed by atoms with Gasteiger partial charge in [-0.25, -0.2) is 4.18 Å². The third kappa shape index (κ3) is 6.42. The van der Waals surface area contributed by atoms with Gasteiger partial charge in [0, 0.05) is 0 Å². The van der Waals surface area contributed by atoms with Gasteiger partial charge in [0.25, 0.3) is 0 Å². The minimum absolute atomic E-state index is 0.162. The van der Waals surface area contributed by atoms with Gasteiger partial charge in [0.15, 0.2) is 0 Å². The minimum atomic E-state index is -3.92. The molecule has 0 aliphatic rings. The van der Waals surface area contributed by atoms with E-state index in [-0.39, 0.29) is 6.61 Å². The smallest absolute Gasteiger partial charge is 0.370 e. The minimum Gasteiger partial charge on any atom is -0.370 e. The van der Waals surface area contributed by atoms with Crippen molar-refractivity contribution in [3.05, 3.63) is 42.2 Å². The molecule has 5 heteroatoms. The Labute approximate surface area is 109 Å². The molecule has 4 nitrogen and oxygen atoms in total. The second kappa shape index (κ2) is 7.89. The van der Waals surface area contributed by atoms with E-state index in [1.807, 2.05) is 37.3 Å². The Morgan fingerprint density at radius 1 is 1.17 bits per heavy atom. The van der Waals surface area contributed by atoms with Crippen LogP contribution in [0.4, 0.5) is 0 Å². The zero-order valence-electron chi connectivity index (χ0n) is 10.4. The molecule has 0 amide bonds. The van der Waals surface area contributed by atoms with E-state index in [0.29, 0.717) is 6.42 Å². The monoisotopic (exact) mass is 270 g/mol. The lowest BCUT2D eigenvalue weighted by Crippen LogP contribution is -2.07. The highest BCUT2D eigenvalue weighted by Crippen LogP contribution is 2.05. The molecule has 0 saturated heterocycles. The molecule has 0 unspecified atom stereocenters. The Kier molecular flexibility index (Phi) is 6.46. The third-order valence-electron chi connectivity index (χ3n) is 2.21. The van der Waals surface area contributed by atoms with Gasteiger partial charge in [0.05, 0.1) is 6.61 Å². The van der Waals surface area contributed by atoms with Crippen LogP contribution in [0, 0.1) is 0 Å². The van der Waals surface area contributed by atoms with Crippen molar-refractivity contribution in [3.63, 3.8) is 0 Å². The van der Waals surface area contributed by atoms with Crippen LogP contribution >= 0.6 is 0 Å². The first-order valence-electron chi connectivity index (χ1n) is 5.93. The van der Waals surface area contributed by atoms with Gasteiger partial charge in [0.2, 0.25) is 0 Å². The first-order valence-corrected chi connectivity index (χ1v) is 7.26. The molecule has 0 N–H and O–H groups in total. The summed E-state index contributed by atoms with van der Waals surface area (Å²) in [4.78, 5) is 0. The average Bonchev–Trinajstić information content (AvgIpc) is 2.36. The Morgan fingerprint density at radius 2 is 1.89 bits per heavy atom. The summed E-state index contributed by atoms with van der Waals surface area (Å²) >= 11 is 0. The van der Waals surface area contributed by atoms with Crippen LogP contribution in [0.2, 0.25) is 0 Å². The van der Waals surface area contributed by atoms with E-state index in [9.17, 15) is 8.42 Å². The molecule has 0 heterocycles. The van der Waals surface area contributed by atoms with Crippen LogP contribution in [0.5, 0.6) is 0 Å². The van der Waals surface area contributed by atoms with E-state index < -0.39 is 10.4 Å². The number of hydrogen-bond acceptors (Lipinski definition) is 4. The first-order chi connectivity index (χ1) is 8.64. The van der Waals surface area contributed by atoms with Gasteiger partial charge in [0.1, 0.15) is 6.26 Å². The van der Waals surface area contributed by atoms with Crippen molar-refractivity contribution in [2.75, 3.05) is 6.61 Å². The van der Waals surface area contributed by atoms with Crippen molar-refractivity contribution >= 4 is 16.5 Å². The van der Waals surface area contributed by atoms with Crippen molar-refractivity contribution in [2.24, 2.45) is 0 Å². The first kappa shape index (κ1) is 14.7.